The zero-order chi connectivity index (χ0) is 16.9. The topological polar surface area (TPSA) is 53.2 Å². The van der Waals surface area contributed by atoms with Crippen LogP contribution in [0.5, 0.6) is 0 Å². The van der Waals surface area contributed by atoms with Crippen LogP contribution < -0.4 is 0 Å². The van der Waals surface area contributed by atoms with Gasteiger partial charge in [0.1, 0.15) is 0 Å². The molecule has 1 aliphatic rings. The number of benzene rings is 2. The molecule has 0 aliphatic carbocycles. The van der Waals surface area contributed by atoms with Crippen molar-refractivity contribution >= 4 is 32.5 Å². The predicted octanol–water partition coefficient (Wildman–Crippen LogP) is 3.88. The minimum Gasteiger partial charge on any atom is -0.358 e. The van der Waals surface area contributed by atoms with E-state index in [4.69, 9.17) is 11.6 Å². The molecule has 6 heteroatoms. The zero-order valence-electron chi connectivity index (χ0n) is 13.2. The maximum absolute atomic E-state index is 12.9. The molecule has 0 bridgehead atoms. The van der Waals surface area contributed by atoms with E-state index in [0.717, 1.165) is 22.2 Å². The van der Waals surface area contributed by atoms with Crippen molar-refractivity contribution < 1.29 is 8.42 Å². The number of rotatable bonds is 2. The van der Waals surface area contributed by atoms with Gasteiger partial charge in [0.25, 0.3) is 0 Å². The Balaban J connectivity index is 1.73. The molecule has 4 rings (SSSR count). The van der Waals surface area contributed by atoms with Gasteiger partial charge in [0.05, 0.1) is 4.90 Å². The molecule has 0 atom stereocenters. The van der Waals surface area contributed by atoms with E-state index in [2.05, 4.69) is 30.1 Å². The van der Waals surface area contributed by atoms with Crippen LogP contribution in [0.3, 0.4) is 0 Å². The Morgan fingerprint density at radius 1 is 1.12 bits per heavy atom. The molecule has 0 saturated heterocycles. The highest BCUT2D eigenvalue weighted by atomic mass is 35.5. The summed E-state index contributed by atoms with van der Waals surface area (Å²) in [7, 11) is -3.52. The molecule has 1 aliphatic heterocycles. The van der Waals surface area contributed by atoms with Gasteiger partial charge in [0.2, 0.25) is 10.0 Å². The number of aromatic nitrogens is 1. The van der Waals surface area contributed by atoms with Crippen LogP contribution in [0.4, 0.5) is 0 Å². The molecule has 24 heavy (non-hydrogen) atoms. The van der Waals surface area contributed by atoms with Crippen LogP contribution >= 0.6 is 11.6 Å². The summed E-state index contributed by atoms with van der Waals surface area (Å²) in [6.45, 7) is 2.92. The van der Waals surface area contributed by atoms with E-state index in [-0.39, 0.29) is 4.90 Å². The maximum Gasteiger partial charge on any atom is 0.243 e. The molecule has 1 N–H and O–H groups in total. The van der Waals surface area contributed by atoms with Gasteiger partial charge in [0.15, 0.2) is 0 Å². The minimum absolute atomic E-state index is 0.283. The largest absolute Gasteiger partial charge is 0.358 e. The van der Waals surface area contributed by atoms with E-state index < -0.39 is 10.0 Å². The van der Waals surface area contributed by atoms with Gasteiger partial charge in [-0.3, -0.25) is 0 Å². The van der Waals surface area contributed by atoms with Crippen LogP contribution in [0.25, 0.3) is 10.9 Å². The van der Waals surface area contributed by atoms with Crippen LogP contribution in [-0.2, 0) is 23.0 Å². The lowest BCUT2D eigenvalue weighted by Gasteiger charge is -2.26. The van der Waals surface area contributed by atoms with Crippen molar-refractivity contribution in [3.05, 3.63) is 64.3 Å². The van der Waals surface area contributed by atoms with Gasteiger partial charge in [-0.1, -0.05) is 23.7 Å². The fraction of sp³-hybridized carbons (Fsp3) is 0.222. The second-order valence-electron chi connectivity index (χ2n) is 6.17. The van der Waals surface area contributed by atoms with E-state index in [9.17, 15) is 8.42 Å². The molecule has 1 aromatic heterocycles. The highest BCUT2D eigenvalue weighted by Gasteiger charge is 2.30. The molecule has 0 saturated carbocycles. The average molecular weight is 361 g/mol. The van der Waals surface area contributed by atoms with Crippen molar-refractivity contribution in [2.75, 3.05) is 6.54 Å². The third kappa shape index (κ3) is 2.53. The van der Waals surface area contributed by atoms with E-state index in [0.29, 0.717) is 24.5 Å². The lowest BCUT2D eigenvalue weighted by Crippen LogP contribution is -2.35. The first-order valence-electron chi connectivity index (χ1n) is 7.81. The number of nitrogens with zero attached hydrogens (tertiary/aromatic N) is 1. The van der Waals surface area contributed by atoms with Gasteiger partial charge in [-0.2, -0.15) is 4.31 Å². The summed E-state index contributed by atoms with van der Waals surface area (Å²) >= 11 is 5.87. The highest BCUT2D eigenvalue weighted by Crippen LogP contribution is 2.31. The third-order valence-electron chi connectivity index (χ3n) is 4.55. The predicted molar refractivity (Wildman–Crippen MR) is 95.8 cm³/mol. The van der Waals surface area contributed by atoms with E-state index in [1.807, 2.05) is 0 Å². The molecule has 0 radical (unpaired) electrons. The van der Waals surface area contributed by atoms with Gasteiger partial charge in [-0.25, -0.2) is 8.42 Å². The Bertz CT molecular complexity index is 1020. The Morgan fingerprint density at radius 2 is 1.88 bits per heavy atom. The molecular weight excluding hydrogens is 344 g/mol. The third-order valence-corrected chi connectivity index (χ3v) is 6.66. The molecule has 3 aromatic rings. The number of H-pyrrole nitrogens is 1. The Kier molecular flexibility index (Phi) is 3.67. The van der Waals surface area contributed by atoms with E-state index >= 15 is 0 Å². The van der Waals surface area contributed by atoms with Crippen LogP contribution in [0.15, 0.2) is 47.4 Å². The molecule has 2 aromatic carbocycles. The Hall–Kier alpha value is -1.82. The number of halogens is 1. The molecule has 0 amide bonds. The summed E-state index contributed by atoms with van der Waals surface area (Å²) in [5.41, 5.74) is 4.48. The molecule has 2 heterocycles. The number of nitrogens with one attached hydrogen (secondary N) is 1. The van der Waals surface area contributed by atoms with Crippen molar-refractivity contribution in [1.82, 2.24) is 9.29 Å². The smallest absolute Gasteiger partial charge is 0.243 e. The summed E-state index contributed by atoms with van der Waals surface area (Å²) in [6.07, 6.45) is 0.690. The van der Waals surface area contributed by atoms with Crippen molar-refractivity contribution in [2.24, 2.45) is 0 Å². The quantitative estimate of drug-likeness (QED) is 0.754. The van der Waals surface area contributed by atoms with Crippen LogP contribution in [0.2, 0.25) is 5.02 Å². The highest BCUT2D eigenvalue weighted by molar-refractivity contribution is 7.89. The summed E-state index contributed by atoms with van der Waals surface area (Å²) < 4.78 is 27.3. The Morgan fingerprint density at radius 3 is 2.62 bits per heavy atom. The number of aromatic amines is 1. The number of fused-ring (bicyclic) bond motifs is 3. The molecule has 0 unspecified atom stereocenters. The van der Waals surface area contributed by atoms with Gasteiger partial charge in [-0.05, 0) is 48.4 Å². The summed E-state index contributed by atoms with van der Waals surface area (Å²) in [6, 6.07) is 12.6. The monoisotopic (exact) mass is 360 g/mol. The second-order valence-corrected chi connectivity index (χ2v) is 8.55. The van der Waals surface area contributed by atoms with Crippen molar-refractivity contribution in [3.63, 3.8) is 0 Å². The maximum atomic E-state index is 12.9. The second kappa shape index (κ2) is 5.62. The van der Waals surface area contributed by atoms with Gasteiger partial charge in [-0.15, -0.1) is 0 Å². The lowest BCUT2D eigenvalue weighted by atomic mass is 10.1. The first kappa shape index (κ1) is 15.7. The van der Waals surface area contributed by atoms with Gasteiger partial charge in [0, 0.05) is 41.1 Å². The van der Waals surface area contributed by atoms with Crippen molar-refractivity contribution in [3.8, 4) is 0 Å². The molecule has 0 fully saturated rings. The van der Waals surface area contributed by atoms with Crippen LogP contribution in [-0.4, -0.2) is 24.3 Å². The molecular formula is C18H17ClN2O2S. The first-order valence-corrected chi connectivity index (χ1v) is 9.63. The standard InChI is InChI=1S/C18H17ClN2O2S/c1-12-2-7-15-16-11-21(9-8-17(16)20-18(15)10-12)24(22,23)14-5-3-13(19)4-6-14/h2-7,10,20H,8-9,11H2,1H3. The Labute approximate surface area is 146 Å². The van der Waals surface area contributed by atoms with E-state index in [1.165, 1.54) is 5.56 Å². The van der Waals surface area contributed by atoms with Gasteiger partial charge < -0.3 is 4.98 Å². The lowest BCUT2D eigenvalue weighted by molar-refractivity contribution is 0.391. The summed E-state index contributed by atoms with van der Waals surface area (Å²) in [5, 5.41) is 1.63. The number of sulfonamides is 1. The van der Waals surface area contributed by atoms with Crippen LogP contribution in [0, 0.1) is 6.92 Å². The van der Waals surface area contributed by atoms with Gasteiger partial charge >= 0.3 is 0 Å². The van der Waals surface area contributed by atoms with Crippen molar-refractivity contribution in [1.29, 1.82) is 0 Å². The fourth-order valence-corrected chi connectivity index (χ4v) is 4.81. The first-order chi connectivity index (χ1) is 11.4. The number of hydrogen-bond donors (Lipinski definition) is 1. The average Bonchev–Trinajstić information content (AvgIpc) is 2.91. The molecule has 0 spiro atoms. The number of aryl methyl sites for hydroxylation is 1. The summed E-state index contributed by atoms with van der Waals surface area (Å²) in [4.78, 5) is 3.72. The fourth-order valence-electron chi connectivity index (χ4n) is 3.27. The minimum atomic E-state index is -3.52. The SMILES string of the molecule is Cc1ccc2c3c([nH]c2c1)CCN(S(=O)(=O)c1ccc(Cl)cc1)C3. The molecule has 4 nitrogen and oxygen atoms in total. The van der Waals surface area contributed by atoms with Crippen LogP contribution in [0.1, 0.15) is 16.8 Å². The number of hydrogen-bond acceptors (Lipinski definition) is 2. The molecule has 124 valence electrons. The zero-order valence-corrected chi connectivity index (χ0v) is 14.8. The normalized spacial score (nSPS) is 15.6. The summed E-state index contributed by atoms with van der Waals surface area (Å²) in [5.74, 6) is 0. The van der Waals surface area contributed by atoms with E-state index in [1.54, 1.807) is 28.6 Å². The van der Waals surface area contributed by atoms with Crippen molar-refractivity contribution in [2.45, 2.75) is 24.8 Å².